The topological polar surface area (TPSA) is 64.4 Å². The number of aliphatic hydroxyl groups excluding tert-OH is 1. The monoisotopic (exact) mass is 550 g/mol. The van der Waals surface area contributed by atoms with E-state index in [1.165, 1.54) is 12.1 Å². The highest BCUT2D eigenvalue weighted by molar-refractivity contribution is 9.10. The van der Waals surface area contributed by atoms with Crippen LogP contribution in [0.5, 0.6) is 0 Å². The van der Waals surface area contributed by atoms with Gasteiger partial charge in [0.05, 0.1) is 0 Å². The second-order valence-corrected chi connectivity index (χ2v) is 9.91. The molecule has 0 fully saturated rings. The number of benzene rings is 3. The predicted molar refractivity (Wildman–Crippen MR) is 140 cm³/mol. The van der Waals surface area contributed by atoms with Crippen molar-refractivity contribution in [3.05, 3.63) is 116 Å². The number of amidine groups is 1. The van der Waals surface area contributed by atoms with Crippen molar-refractivity contribution < 1.29 is 14.3 Å². The molecule has 35 heavy (non-hydrogen) atoms. The maximum Gasteiger partial charge on any atom is 0.161 e. The van der Waals surface area contributed by atoms with Gasteiger partial charge in [0, 0.05) is 49.9 Å². The van der Waals surface area contributed by atoms with E-state index in [9.17, 15) is 19.7 Å². The third-order valence-electron chi connectivity index (χ3n) is 6.40. The molecule has 1 unspecified atom stereocenters. The van der Waals surface area contributed by atoms with Crippen molar-refractivity contribution in [1.29, 1.82) is 5.41 Å². The molecule has 0 spiro atoms. The number of aliphatic hydroxyl groups is 1. The van der Waals surface area contributed by atoms with Crippen LogP contribution < -0.4 is 4.90 Å². The zero-order valence-electron chi connectivity index (χ0n) is 18.6. The van der Waals surface area contributed by atoms with Crippen LogP contribution in [0.15, 0.2) is 94.1 Å². The minimum Gasteiger partial charge on any atom is -0.507 e. The first-order valence-electron chi connectivity index (χ1n) is 11.2. The Morgan fingerprint density at radius 2 is 1.77 bits per heavy atom. The first kappa shape index (κ1) is 23.5. The zero-order chi connectivity index (χ0) is 24.7. The average Bonchev–Trinajstić information content (AvgIpc) is 2.84. The summed E-state index contributed by atoms with van der Waals surface area (Å²) in [7, 11) is 0. The summed E-state index contributed by atoms with van der Waals surface area (Å²) in [5.41, 5.74) is 3.39. The van der Waals surface area contributed by atoms with Crippen LogP contribution >= 0.6 is 27.5 Å². The highest BCUT2D eigenvalue weighted by Gasteiger charge is 2.43. The number of hydrogen-bond acceptors (Lipinski definition) is 3. The Balaban J connectivity index is 1.82. The van der Waals surface area contributed by atoms with E-state index in [0.29, 0.717) is 46.7 Å². The van der Waals surface area contributed by atoms with Gasteiger partial charge in [-0.2, -0.15) is 0 Å². The van der Waals surface area contributed by atoms with Gasteiger partial charge in [-0.25, -0.2) is 4.39 Å². The number of hydrogen-bond donors (Lipinski definition) is 2. The van der Waals surface area contributed by atoms with E-state index in [1.807, 2.05) is 24.3 Å². The number of halogens is 3. The van der Waals surface area contributed by atoms with Gasteiger partial charge in [0.2, 0.25) is 0 Å². The molecule has 0 amide bonds. The lowest BCUT2D eigenvalue weighted by molar-refractivity contribution is -0.116. The molecule has 1 aliphatic heterocycles. The summed E-state index contributed by atoms with van der Waals surface area (Å²) in [5, 5.41) is 21.3. The maximum absolute atomic E-state index is 13.8. The highest BCUT2D eigenvalue weighted by atomic mass is 79.9. The molecule has 2 N–H and O–H groups in total. The fraction of sp³-hybridized carbons (Fsp3) is 0.143. The Morgan fingerprint density at radius 3 is 2.46 bits per heavy atom. The van der Waals surface area contributed by atoms with Crippen LogP contribution in [0.4, 0.5) is 10.1 Å². The Hall–Kier alpha value is -3.22. The number of anilines is 1. The summed E-state index contributed by atoms with van der Waals surface area (Å²) in [6, 6.07) is 20.1. The van der Waals surface area contributed by atoms with E-state index in [1.54, 1.807) is 41.3 Å². The van der Waals surface area contributed by atoms with Crippen molar-refractivity contribution in [3.63, 3.8) is 0 Å². The fourth-order valence-electron chi connectivity index (χ4n) is 4.84. The standard InChI is InChI=1S/C28H21BrClFN2O2/c29-18-3-1-4-21(15-18)33-22-5-2-6-23(34)25(22)24(16-9-13-20(31)14-10-16)26(28(33)32)27(35)17-7-11-19(30)12-8-17/h1,3-4,7-15,24,32,35H,2,5-6H2/b27-26+,32-28?. The molecule has 0 bridgehead atoms. The van der Waals surface area contributed by atoms with E-state index in [2.05, 4.69) is 15.9 Å². The molecule has 1 heterocycles. The molecule has 0 radical (unpaired) electrons. The molecule has 2 aliphatic rings. The zero-order valence-corrected chi connectivity index (χ0v) is 20.9. The molecule has 3 aromatic rings. The van der Waals surface area contributed by atoms with E-state index in [-0.39, 0.29) is 23.0 Å². The summed E-state index contributed by atoms with van der Waals surface area (Å²) >= 11 is 9.56. The van der Waals surface area contributed by atoms with E-state index in [0.717, 1.165) is 10.2 Å². The molecule has 4 nitrogen and oxygen atoms in total. The van der Waals surface area contributed by atoms with Gasteiger partial charge in [-0.15, -0.1) is 0 Å². The number of nitrogens with one attached hydrogen (secondary N) is 1. The van der Waals surface area contributed by atoms with Crippen molar-refractivity contribution in [1.82, 2.24) is 0 Å². The van der Waals surface area contributed by atoms with Crippen LogP contribution in [0.25, 0.3) is 5.76 Å². The van der Waals surface area contributed by atoms with Crippen molar-refractivity contribution >= 4 is 50.6 Å². The Kier molecular flexibility index (Phi) is 6.34. The number of carbonyl (C=O) groups is 1. The Morgan fingerprint density at radius 1 is 1.06 bits per heavy atom. The van der Waals surface area contributed by atoms with Crippen LogP contribution in [0.3, 0.4) is 0 Å². The number of Topliss-reactive ketones (excluding diaryl/α,β-unsaturated/α-hetero) is 1. The fourth-order valence-corrected chi connectivity index (χ4v) is 5.36. The summed E-state index contributed by atoms with van der Waals surface area (Å²) in [6.45, 7) is 0. The number of rotatable bonds is 3. The third kappa shape index (κ3) is 4.32. The number of nitrogens with zero attached hydrogens (tertiary/aromatic N) is 1. The van der Waals surface area contributed by atoms with Crippen LogP contribution in [0.1, 0.15) is 36.3 Å². The molecule has 0 saturated carbocycles. The van der Waals surface area contributed by atoms with Crippen molar-refractivity contribution in [2.24, 2.45) is 0 Å². The van der Waals surface area contributed by atoms with Gasteiger partial charge in [0.25, 0.3) is 0 Å². The highest BCUT2D eigenvalue weighted by Crippen LogP contribution is 2.48. The normalized spacial score (nSPS) is 19.6. The summed E-state index contributed by atoms with van der Waals surface area (Å²) < 4.78 is 14.6. The first-order valence-corrected chi connectivity index (χ1v) is 12.4. The minimum absolute atomic E-state index is 0.0329. The summed E-state index contributed by atoms with van der Waals surface area (Å²) in [4.78, 5) is 15.2. The van der Waals surface area contributed by atoms with Crippen LogP contribution in [-0.2, 0) is 4.79 Å². The van der Waals surface area contributed by atoms with Gasteiger partial charge in [-0.3, -0.25) is 15.1 Å². The van der Waals surface area contributed by atoms with Crippen LogP contribution in [0.2, 0.25) is 5.02 Å². The lowest BCUT2D eigenvalue weighted by atomic mass is 9.73. The average molecular weight is 552 g/mol. The van der Waals surface area contributed by atoms with E-state index in [4.69, 9.17) is 11.6 Å². The first-order chi connectivity index (χ1) is 16.8. The molecule has 5 rings (SSSR count). The van der Waals surface area contributed by atoms with Crippen molar-refractivity contribution in [2.45, 2.75) is 25.2 Å². The molecule has 1 atom stereocenters. The molecule has 1 aliphatic carbocycles. The SMILES string of the molecule is N=C1/C(=C(/O)c2ccc(Cl)cc2)C(c2ccc(F)cc2)C2=C(CCCC2=O)N1c1cccc(Br)c1. The second kappa shape index (κ2) is 9.44. The summed E-state index contributed by atoms with van der Waals surface area (Å²) in [6.07, 6.45) is 1.67. The van der Waals surface area contributed by atoms with Gasteiger partial charge in [0.1, 0.15) is 17.4 Å². The van der Waals surface area contributed by atoms with Crippen LogP contribution in [-0.4, -0.2) is 16.7 Å². The van der Waals surface area contributed by atoms with Crippen molar-refractivity contribution in [2.75, 3.05) is 4.90 Å². The second-order valence-electron chi connectivity index (χ2n) is 8.55. The lowest BCUT2D eigenvalue weighted by Gasteiger charge is -2.41. The van der Waals surface area contributed by atoms with Gasteiger partial charge in [0.15, 0.2) is 5.78 Å². The minimum atomic E-state index is -0.704. The Bertz CT molecular complexity index is 1400. The van der Waals surface area contributed by atoms with Gasteiger partial charge >= 0.3 is 0 Å². The summed E-state index contributed by atoms with van der Waals surface area (Å²) in [5.74, 6) is -1.18. The molecule has 7 heteroatoms. The van der Waals surface area contributed by atoms with E-state index >= 15 is 0 Å². The van der Waals surface area contributed by atoms with Crippen LogP contribution in [0, 0.1) is 11.2 Å². The number of carbonyl (C=O) groups excluding carboxylic acids is 1. The lowest BCUT2D eigenvalue weighted by Crippen LogP contribution is -2.42. The third-order valence-corrected chi connectivity index (χ3v) is 7.14. The van der Waals surface area contributed by atoms with Gasteiger partial charge < -0.3 is 5.11 Å². The van der Waals surface area contributed by atoms with E-state index < -0.39 is 11.7 Å². The molecule has 176 valence electrons. The molecule has 3 aromatic carbocycles. The number of allylic oxidation sites excluding steroid dienone is 2. The maximum atomic E-state index is 13.8. The molecular weight excluding hydrogens is 531 g/mol. The number of ketones is 1. The molecule has 0 aromatic heterocycles. The van der Waals surface area contributed by atoms with Gasteiger partial charge in [-0.1, -0.05) is 45.7 Å². The smallest absolute Gasteiger partial charge is 0.161 e. The quantitative estimate of drug-likeness (QED) is 0.326. The van der Waals surface area contributed by atoms with Crippen molar-refractivity contribution in [3.8, 4) is 0 Å². The predicted octanol–water partition coefficient (Wildman–Crippen LogP) is 7.80. The molecular formula is C28H21BrClFN2O2. The van der Waals surface area contributed by atoms with Gasteiger partial charge in [-0.05, 0) is 73.0 Å². The largest absolute Gasteiger partial charge is 0.507 e. The molecule has 0 saturated heterocycles. The Labute approximate surface area is 216 Å².